The Bertz CT molecular complexity index is 596. The molecule has 9 nitrogen and oxygen atoms in total. The zero-order valence-corrected chi connectivity index (χ0v) is 16.8. The summed E-state index contributed by atoms with van der Waals surface area (Å²) in [5, 5.41) is 17.4. The Kier molecular flexibility index (Phi) is 9.04. The third kappa shape index (κ3) is 6.99. The largest absolute Gasteiger partial charge is 0.382 e. The molecule has 0 bridgehead atoms. The van der Waals surface area contributed by atoms with E-state index in [1.165, 1.54) is 0 Å². The van der Waals surface area contributed by atoms with Crippen LogP contribution < -0.4 is 16.0 Å². The lowest BCUT2D eigenvalue weighted by Crippen LogP contribution is -2.47. The monoisotopic (exact) mass is 367 g/mol. The molecule has 0 radical (unpaired) electrons. The molecule has 0 aliphatic carbocycles. The molecule has 1 aromatic heterocycles. The van der Waals surface area contributed by atoms with Crippen molar-refractivity contribution in [1.29, 1.82) is 0 Å². The molecule has 0 saturated heterocycles. The minimum atomic E-state index is -0.552. The second-order valence-electron chi connectivity index (χ2n) is 6.68. The summed E-state index contributed by atoms with van der Waals surface area (Å²) < 4.78 is 7.26. The van der Waals surface area contributed by atoms with E-state index in [9.17, 15) is 4.79 Å². The molecule has 1 rings (SSSR count). The van der Waals surface area contributed by atoms with Crippen molar-refractivity contribution in [3.63, 3.8) is 0 Å². The highest BCUT2D eigenvalue weighted by atomic mass is 16.5. The molecule has 1 aromatic rings. The van der Waals surface area contributed by atoms with E-state index >= 15 is 0 Å². The molecule has 0 aromatic carbocycles. The Morgan fingerprint density at radius 2 is 2.04 bits per heavy atom. The van der Waals surface area contributed by atoms with E-state index in [1.54, 1.807) is 7.05 Å². The number of nitrogens with one attached hydrogen (secondary N) is 3. The molecule has 0 atom stereocenters. The first-order valence-electron chi connectivity index (χ1n) is 8.98. The summed E-state index contributed by atoms with van der Waals surface area (Å²) in [5.41, 5.74) is -0.552. The van der Waals surface area contributed by atoms with Crippen LogP contribution in [-0.2, 0) is 23.1 Å². The number of aromatic nitrogens is 3. The van der Waals surface area contributed by atoms with Crippen LogP contribution in [0, 0.1) is 12.3 Å². The van der Waals surface area contributed by atoms with Crippen LogP contribution in [-0.4, -0.2) is 60.0 Å². The normalized spacial score (nSPS) is 12.2. The Morgan fingerprint density at radius 3 is 2.62 bits per heavy atom. The van der Waals surface area contributed by atoms with E-state index in [-0.39, 0.29) is 5.91 Å². The zero-order chi connectivity index (χ0) is 19.6. The van der Waals surface area contributed by atoms with E-state index < -0.39 is 5.41 Å². The van der Waals surface area contributed by atoms with Gasteiger partial charge in [0.25, 0.3) is 0 Å². The summed E-state index contributed by atoms with van der Waals surface area (Å²) in [6.45, 7) is 10.6. The molecule has 0 saturated carbocycles. The number of aliphatic imine (C=N–C) groups is 1. The lowest BCUT2D eigenvalue weighted by Gasteiger charge is -2.24. The van der Waals surface area contributed by atoms with Crippen LogP contribution in [0.4, 0.5) is 0 Å². The molecule has 9 heteroatoms. The van der Waals surface area contributed by atoms with Gasteiger partial charge < -0.3 is 25.3 Å². The Labute approximate surface area is 156 Å². The summed E-state index contributed by atoms with van der Waals surface area (Å²) in [7, 11) is 3.55. The predicted molar refractivity (Wildman–Crippen MR) is 102 cm³/mol. The smallest absolute Gasteiger partial charge is 0.227 e. The maximum absolute atomic E-state index is 12.0. The van der Waals surface area contributed by atoms with Crippen molar-refractivity contribution in [2.45, 2.75) is 40.7 Å². The highest BCUT2D eigenvalue weighted by molar-refractivity contribution is 5.84. The van der Waals surface area contributed by atoms with Crippen LogP contribution in [0.2, 0.25) is 0 Å². The summed E-state index contributed by atoms with van der Waals surface area (Å²) in [6, 6.07) is 0. The van der Waals surface area contributed by atoms with E-state index in [4.69, 9.17) is 4.74 Å². The van der Waals surface area contributed by atoms with Gasteiger partial charge in [-0.1, -0.05) is 0 Å². The van der Waals surface area contributed by atoms with Gasteiger partial charge in [0.15, 0.2) is 11.8 Å². The van der Waals surface area contributed by atoms with Crippen molar-refractivity contribution < 1.29 is 9.53 Å². The lowest BCUT2D eigenvalue weighted by molar-refractivity contribution is -0.128. The molecule has 1 heterocycles. The first-order valence-corrected chi connectivity index (χ1v) is 8.98. The van der Waals surface area contributed by atoms with E-state index in [0.29, 0.717) is 32.3 Å². The average Bonchev–Trinajstić information content (AvgIpc) is 2.94. The summed E-state index contributed by atoms with van der Waals surface area (Å²) in [6.07, 6.45) is 0.871. The van der Waals surface area contributed by atoms with Crippen molar-refractivity contribution in [3.05, 3.63) is 11.6 Å². The number of amides is 1. The Morgan fingerprint density at radius 1 is 1.31 bits per heavy atom. The first kappa shape index (κ1) is 21.9. The van der Waals surface area contributed by atoms with Crippen LogP contribution in [0.1, 0.15) is 38.8 Å². The Hall–Kier alpha value is -2.16. The van der Waals surface area contributed by atoms with E-state index in [0.717, 1.165) is 24.6 Å². The summed E-state index contributed by atoms with van der Waals surface area (Å²) in [5.74, 6) is 2.24. The third-order valence-corrected chi connectivity index (χ3v) is 4.06. The van der Waals surface area contributed by atoms with Gasteiger partial charge in [0, 0.05) is 40.4 Å². The fourth-order valence-electron chi connectivity index (χ4n) is 2.16. The van der Waals surface area contributed by atoms with Gasteiger partial charge in [-0.25, -0.2) is 4.99 Å². The number of guanidine groups is 1. The van der Waals surface area contributed by atoms with Crippen molar-refractivity contribution in [3.8, 4) is 0 Å². The molecular formula is C17H33N7O2. The number of hydrogen-bond donors (Lipinski definition) is 3. The number of rotatable bonds is 10. The first-order chi connectivity index (χ1) is 12.3. The van der Waals surface area contributed by atoms with Gasteiger partial charge in [-0.3, -0.25) is 4.79 Å². The highest BCUT2D eigenvalue weighted by Crippen LogP contribution is 2.13. The third-order valence-electron chi connectivity index (χ3n) is 4.06. The standard InChI is InChI=1S/C17H33N7O2/c1-7-26-10-8-9-19-16(21-12-17(3,4)15(25)18-5)20-11-14-23-22-13(2)24(14)6/h7-12H2,1-6H3,(H,18,25)(H2,19,20,21). The van der Waals surface area contributed by atoms with Gasteiger partial charge >= 0.3 is 0 Å². The van der Waals surface area contributed by atoms with Gasteiger partial charge in [-0.05, 0) is 34.1 Å². The quantitative estimate of drug-likeness (QED) is 0.313. The van der Waals surface area contributed by atoms with Crippen LogP contribution in [0.25, 0.3) is 0 Å². The van der Waals surface area contributed by atoms with Gasteiger partial charge in [-0.2, -0.15) is 0 Å². The molecule has 0 fully saturated rings. The maximum atomic E-state index is 12.0. The topological polar surface area (TPSA) is 105 Å². The second-order valence-corrected chi connectivity index (χ2v) is 6.68. The van der Waals surface area contributed by atoms with Gasteiger partial charge in [-0.15, -0.1) is 10.2 Å². The Balaban J connectivity index is 2.69. The number of carbonyl (C=O) groups is 1. The molecule has 148 valence electrons. The van der Waals surface area contributed by atoms with Crippen LogP contribution >= 0.6 is 0 Å². The SMILES string of the molecule is CCOCCCNC(=NCc1nnc(C)n1C)NCC(C)(C)C(=O)NC. The zero-order valence-electron chi connectivity index (χ0n) is 16.8. The van der Waals surface area contributed by atoms with Gasteiger partial charge in [0.1, 0.15) is 12.4 Å². The molecule has 26 heavy (non-hydrogen) atoms. The van der Waals surface area contributed by atoms with Crippen molar-refractivity contribution in [2.24, 2.45) is 17.5 Å². The molecule has 1 amide bonds. The minimum Gasteiger partial charge on any atom is -0.382 e. The molecule has 0 spiro atoms. The number of ether oxygens (including phenoxy) is 1. The van der Waals surface area contributed by atoms with Gasteiger partial charge in [0.2, 0.25) is 5.91 Å². The fraction of sp³-hybridized carbons (Fsp3) is 0.765. The number of carbonyl (C=O) groups excluding carboxylic acids is 1. The van der Waals surface area contributed by atoms with E-state index in [2.05, 4.69) is 31.1 Å². The molecule has 3 N–H and O–H groups in total. The molecule has 0 aliphatic rings. The molecule has 0 aliphatic heterocycles. The highest BCUT2D eigenvalue weighted by Gasteiger charge is 2.26. The number of hydrogen-bond acceptors (Lipinski definition) is 5. The lowest BCUT2D eigenvalue weighted by atomic mass is 9.92. The van der Waals surface area contributed by atoms with Crippen LogP contribution in [0.15, 0.2) is 4.99 Å². The molecule has 0 unspecified atom stereocenters. The summed E-state index contributed by atoms with van der Waals surface area (Å²) >= 11 is 0. The number of nitrogens with zero attached hydrogens (tertiary/aromatic N) is 4. The molecular weight excluding hydrogens is 334 g/mol. The van der Waals surface area contributed by atoms with Crippen LogP contribution in [0.5, 0.6) is 0 Å². The predicted octanol–water partition coefficient (Wildman–Crippen LogP) is 0.358. The average molecular weight is 367 g/mol. The van der Waals surface area contributed by atoms with Crippen LogP contribution in [0.3, 0.4) is 0 Å². The maximum Gasteiger partial charge on any atom is 0.227 e. The summed E-state index contributed by atoms with van der Waals surface area (Å²) in [4.78, 5) is 16.5. The van der Waals surface area contributed by atoms with Crippen molar-refractivity contribution >= 4 is 11.9 Å². The fourth-order valence-corrected chi connectivity index (χ4v) is 2.16. The second kappa shape index (κ2) is 10.7. The van der Waals surface area contributed by atoms with E-state index in [1.807, 2.05) is 39.3 Å². The van der Waals surface area contributed by atoms with Crippen molar-refractivity contribution in [1.82, 2.24) is 30.7 Å². The van der Waals surface area contributed by atoms with Crippen molar-refractivity contribution in [2.75, 3.05) is 33.4 Å². The minimum absolute atomic E-state index is 0.0235. The number of aryl methyl sites for hydroxylation is 1. The van der Waals surface area contributed by atoms with Gasteiger partial charge in [0.05, 0.1) is 5.41 Å².